The number of anilines is 1. The lowest BCUT2D eigenvalue weighted by molar-refractivity contribution is -0.138. The summed E-state index contributed by atoms with van der Waals surface area (Å²) in [5.74, 6) is -2.89. The Bertz CT molecular complexity index is 2200. The number of urea groups is 1. The number of carbonyl (C=O) groups is 10. The third kappa shape index (κ3) is 13.6. The number of piperidine rings is 1. The second-order valence-electron chi connectivity index (χ2n) is 15.6. The van der Waals surface area contributed by atoms with E-state index in [1.165, 1.54) is 49.6 Å². The van der Waals surface area contributed by atoms with E-state index in [0.29, 0.717) is 47.7 Å². The summed E-state index contributed by atoms with van der Waals surface area (Å²) in [6.07, 6.45) is 5.24. The van der Waals surface area contributed by atoms with Crippen molar-refractivity contribution in [2.24, 2.45) is 0 Å². The Hall–Kier alpha value is -6.28. The molecule has 0 spiro atoms. The van der Waals surface area contributed by atoms with Crippen LogP contribution in [0.4, 0.5) is 10.5 Å². The molecule has 342 valence electrons. The van der Waals surface area contributed by atoms with Crippen LogP contribution in [0.2, 0.25) is 5.02 Å². The van der Waals surface area contributed by atoms with Crippen LogP contribution in [0.5, 0.6) is 0 Å². The standard InChI is InChI=1S/C43H52ClN9O10S/c1-24(48-40(60)26(3)49-39(59)25(2)47-34(54)7-5-4-6-17-52-36(56)14-15-37(52)57)38(58)46-23-64-18-16-28-9-10-30(20-32(28)44)50-43(63)45-21-27-8-11-31-29(19-27)22-53(42(31)62)33-12-13-35(55)51-41(33)61/h8-11,14-15,19-20,24-26,33H,4-7,12-13,16-18,21-23H2,1-3H3,(H,46,58)(H,47,54)(H,48,60)(H,49,59)(H2,45,50,63)(H,51,55,61)/t24-,25-,26+,33?/m0/s1. The number of unbranched alkanes of at least 4 members (excludes halogenated alkanes) is 2. The summed E-state index contributed by atoms with van der Waals surface area (Å²) >= 11 is 7.95. The van der Waals surface area contributed by atoms with E-state index in [2.05, 4.69) is 37.2 Å². The quantitative estimate of drug-likeness (QED) is 0.0539. The summed E-state index contributed by atoms with van der Waals surface area (Å²) < 4.78 is 0. The molecule has 3 heterocycles. The number of rotatable bonds is 21. The van der Waals surface area contributed by atoms with Crippen LogP contribution in [-0.4, -0.2) is 111 Å². The maximum absolute atomic E-state index is 13.0. The Balaban J connectivity index is 0.922. The van der Waals surface area contributed by atoms with E-state index in [9.17, 15) is 47.9 Å². The van der Waals surface area contributed by atoms with E-state index in [0.717, 1.165) is 21.6 Å². The van der Waals surface area contributed by atoms with Gasteiger partial charge in [0.25, 0.3) is 17.7 Å². The first-order valence-electron chi connectivity index (χ1n) is 20.9. The van der Waals surface area contributed by atoms with Gasteiger partial charge in [-0.2, -0.15) is 0 Å². The number of fused-ring (bicyclic) bond motifs is 1. The fourth-order valence-electron chi connectivity index (χ4n) is 7.02. The van der Waals surface area contributed by atoms with Crippen molar-refractivity contribution in [1.29, 1.82) is 0 Å². The average molecular weight is 922 g/mol. The summed E-state index contributed by atoms with van der Waals surface area (Å²) in [7, 11) is 0. The number of benzene rings is 2. The molecule has 7 N–H and O–H groups in total. The van der Waals surface area contributed by atoms with Gasteiger partial charge in [0.2, 0.25) is 35.4 Å². The molecule has 1 saturated heterocycles. The van der Waals surface area contributed by atoms with Gasteiger partial charge in [-0.05, 0) is 87.1 Å². The van der Waals surface area contributed by atoms with E-state index in [1.54, 1.807) is 30.3 Å². The lowest BCUT2D eigenvalue weighted by Gasteiger charge is -2.29. The molecular weight excluding hydrogens is 870 g/mol. The highest BCUT2D eigenvalue weighted by atomic mass is 35.5. The van der Waals surface area contributed by atoms with Gasteiger partial charge in [-0.15, -0.1) is 11.8 Å². The third-order valence-electron chi connectivity index (χ3n) is 10.7. The van der Waals surface area contributed by atoms with E-state index in [-0.39, 0.29) is 74.3 Å². The Labute approximate surface area is 379 Å². The predicted molar refractivity (Wildman–Crippen MR) is 236 cm³/mol. The number of amides is 11. The second-order valence-corrected chi connectivity index (χ2v) is 17.1. The highest BCUT2D eigenvalue weighted by Gasteiger charge is 2.39. The van der Waals surface area contributed by atoms with Gasteiger partial charge in [0.15, 0.2) is 0 Å². The van der Waals surface area contributed by atoms with Crippen molar-refractivity contribution in [3.63, 3.8) is 0 Å². The van der Waals surface area contributed by atoms with E-state index in [1.807, 2.05) is 6.07 Å². The zero-order chi connectivity index (χ0) is 46.5. The molecular formula is C43H52ClN9O10S. The molecule has 3 aliphatic rings. The normalized spacial score (nSPS) is 17.0. The summed E-state index contributed by atoms with van der Waals surface area (Å²) in [5, 5.41) is 18.7. The topological polar surface area (TPSA) is 261 Å². The van der Waals surface area contributed by atoms with Crippen LogP contribution in [0.1, 0.15) is 86.3 Å². The van der Waals surface area contributed by atoms with Crippen molar-refractivity contribution in [3.8, 4) is 0 Å². The molecule has 4 atom stereocenters. The maximum Gasteiger partial charge on any atom is 0.319 e. The van der Waals surface area contributed by atoms with Gasteiger partial charge >= 0.3 is 6.03 Å². The molecule has 0 radical (unpaired) electrons. The number of nitrogens with one attached hydrogen (secondary N) is 7. The summed E-state index contributed by atoms with van der Waals surface area (Å²) in [6.45, 7) is 5.14. The fraction of sp³-hybridized carbons (Fsp3) is 0.442. The van der Waals surface area contributed by atoms with Gasteiger partial charge in [0.1, 0.15) is 24.2 Å². The first kappa shape index (κ1) is 48.7. The minimum Gasteiger partial charge on any atom is -0.345 e. The Morgan fingerprint density at radius 1 is 0.828 bits per heavy atom. The van der Waals surface area contributed by atoms with Crippen LogP contribution in [0.3, 0.4) is 0 Å². The number of aryl methyl sites for hydroxylation is 1. The number of carbonyl (C=O) groups excluding carboxylic acids is 10. The Morgan fingerprint density at radius 3 is 2.20 bits per heavy atom. The van der Waals surface area contributed by atoms with Crippen molar-refractivity contribution in [1.82, 2.24) is 41.7 Å². The molecule has 0 saturated carbocycles. The van der Waals surface area contributed by atoms with Crippen LogP contribution in [0, 0.1) is 0 Å². The largest absolute Gasteiger partial charge is 0.345 e. The molecule has 21 heteroatoms. The minimum atomic E-state index is -0.991. The highest BCUT2D eigenvalue weighted by molar-refractivity contribution is 7.99. The SMILES string of the molecule is C[C@H](NC(=O)CCCCCN1C(=O)C=CC1=O)C(=O)N[C@H](C)C(=O)N[C@@H](C)C(=O)NCSCCc1ccc(NC(=O)NCc2ccc3c(c2)CN(C2CCC(=O)NC2=O)C3=O)cc1Cl. The average Bonchev–Trinajstić information content (AvgIpc) is 3.75. The molecule has 64 heavy (non-hydrogen) atoms. The van der Waals surface area contributed by atoms with E-state index < -0.39 is 53.8 Å². The molecule has 1 fully saturated rings. The van der Waals surface area contributed by atoms with Crippen LogP contribution in [0.15, 0.2) is 48.6 Å². The second kappa shape index (κ2) is 22.9. The van der Waals surface area contributed by atoms with E-state index >= 15 is 0 Å². The molecule has 2 aromatic rings. The summed E-state index contributed by atoms with van der Waals surface area (Å²) in [4.78, 5) is 126. The van der Waals surface area contributed by atoms with Crippen molar-refractivity contribution < 1.29 is 47.9 Å². The van der Waals surface area contributed by atoms with Crippen molar-refractivity contribution >= 4 is 88.2 Å². The lowest BCUT2D eigenvalue weighted by Crippen LogP contribution is -2.54. The van der Waals surface area contributed by atoms with Gasteiger partial charge in [0, 0.05) is 60.9 Å². The van der Waals surface area contributed by atoms with Gasteiger partial charge < -0.3 is 36.8 Å². The van der Waals surface area contributed by atoms with Crippen LogP contribution >= 0.6 is 23.4 Å². The van der Waals surface area contributed by atoms with E-state index in [4.69, 9.17) is 11.6 Å². The molecule has 1 unspecified atom stereocenters. The van der Waals surface area contributed by atoms with Gasteiger partial charge in [-0.3, -0.25) is 53.4 Å². The Morgan fingerprint density at radius 2 is 1.52 bits per heavy atom. The highest BCUT2D eigenvalue weighted by Crippen LogP contribution is 2.28. The maximum atomic E-state index is 13.0. The van der Waals surface area contributed by atoms with Crippen LogP contribution in [0.25, 0.3) is 0 Å². The van der Waals surface area contributed by atoms with Gasteiger partial charge in [0.05, 0.1) is 5.88 Å². The number of hydrogen-bond donors (Lipinski definition) is 7. The number of nitrogens with zero attached hydrogens (tertiary/aromatic N) is 2. The zero-order valence-corrected chi connectivity index (χ0v) is 37.2. The summed E-state index contributed by atoms with van der Waals surface area (Å²) in [5.41, 5.74) is 3.28. The van der Waals surface area contributed by atoms with Crippen LogP contribution < -0.4 is 37.2 Å². The number of hydrogen-bond acceptors (Lipinski definition) is 11. The fourth-order valence-corrected chi connectivity index (χ4v) is 8.05. The molecule has 0 aliphatic carbocycles. The molecule has 11 amide bonds. The zero-order valence-electron chi connectivity index (χ0n) is 35.7. The van der Waals surface area contributed by atoms with Crippen molar-refractivity contribution in [2.45, 2.75) is 103 Å². The number of imide groups is 2. The molecule has 5 rings (SSSR count). The van der Waals surface area contributed by atoms with Crippen LogP contribution in [-0.2, 0) is 57.9 Å². The van der Waals surface area contributed by atoms with Crippen molar-refractivity contribution in [3.05, 3.63) is 75.8 Å². The molecule has 19 nitrogen and oxygen atoms in total. The first-order valence-corrected chi connectivity index (χ1v) is 22.4. The number of halogens is 1. The molecule has 3 aliphatic heterocycles. The number of thioether (sulfide) groups is 1. The molecule has 0 aromatic heterocycles. The lowest BCUT2D eigenvalue weighted by atomic mass is 10.0. The van der Waals surface area contributed by atoms with Gasteiger partial charge in [-0.1, -0.05) is 36.2 Å². The predicted octanol–water partition coefficient (Wildman–Crippen LogP) is 1.77. The molecule has 0 bridgehead atoms. The smallest absolute Gasteiger partial charge is 0.319 e. The first-order chi connectivity index (χ1) is 30.5. The monoisotopic (exact) mass is 921 g/mol. The third-order valence-corrected chi connectivity index (χ3v) is 11.9. The molecule has 2 aromatic carbocycles. The van der Waals surface area contributed by atoms with Gasteiger partial charge in [-0.25, -0.2) is 4.79 Å². The summed E-state index contributed by atoms with van der Waals surface area (Å²) in [6, 6.07) is 6.38. The minimum absolute atomic E-state index is 0.144. The van der Waals surface area contributed by atoms with Crippen molar-refractivity contribution in [2.75, 3.05) is 23.5 Å². The Kier molecular flexibility index (Phi) is 17.4.